The summed E-state index contributed by atoms with van der Waals surface area (Å²) in [4.78, 5) is 2.28. The first-order valence-electron chi connectivity index (χ1n) is 6.96. The van der Waals surface area contributed by atoms with Gasteiger partial charge in [0.05, 0.1) is 22.9 Å². The van der Waals surface area contributed by atoms with Gasteiger partial charge in [-0.15, -0.1) is 0 Å². The second-order valence-electron chi connectivity index (χ2n) is 5.05. The molecule has 2 rings (SSSR count). The molecule has 0 radical (unpaired) electrons. The van der Waals surface area contributed by atoms with Crippen molar-refractivity contribution in [2.75, 3.05) is 24.6 Å². The minimum atomic E-state index is -0.482. The van der Waals surface area contributed by atoms with E-state index in [-0.39, 0.29) is 0 Å². The smallest absolute Gasteiger partial charge is 0.0762 e. The van der Waals surface area contributed by atoms with Crippen molar-refractivity contribution in [3.05, 3.63) is 28.8 Å². The van der Waals surface area contributed by atoms with Gasteiger partial charge in [0.1, 0.15) is 0 Å². The van der Waals surface area contributed by atoms with Gasteiger partial charge in [-0.25, -0.2) is 0 Å². The Morgan fingerprint density at radius 3 is 2.95 bits per heavy atom. The molecule has 1 fully saturated rings. The summed E-state index contributed by atoms with van der Waals surface area (Å²) in [5.41, 5.74) is 1.89. The van der Waals surface area contributed by atoms with Crippen LogP contribution in [0.15, 0.2) is 18.2 Å². The minimum absolute atomic E-state index is 0.297. The van der Waals surface area contributed by atoms with E-state index in [9.17, 15) is 5.11 Å². The number of halogens is 1. The zero-order valence-electron chi connectivity index (χ0n) is 11.6. The molecule has 2 atom stereocenters. The Morgan fingerprint density at radius 2 is 2.32 bits per heavy atom. The molecule has 0 spiro atoms. The number of anilines is 1. The van der Waals surface area contributed by atoms with Crippen molar-refractivity contribution in [2.45, 2.75) is 38.9 Å². The van der Waals surface area contributed by atoms with Gasteiger partial charge in [0.15, 0.2) is 0 Å². The normalized spacial score (nSPS) is 21.5. The summed E-state index contributed by atoms with van der Waals surface area (Å²) < 4.78 is 5.71. The molecule has 1 aliphatic heterocycles. The lowest BCUT2D eigenvalue weighted by molar-refractivity contribution is 0.0527. The summed E-state index contributed by atoms with van der Waals surface area (Å²) in [5, 5.41) is 10.3. The predicted molar refractivity (Wildman–Crippen MR) is 78.9 cm³/mol. The lowest BCUT2D eigenvalue weighted by Crippen LogP contribution is -2.39. The highest BCUT2D eigenvalue weighted by Crippen LogP contribution is 2.31. The van der Waals surface area contributed by atoms with Crippen molar-refractivity contribution in [2.24, 2.45) is 0 Å². The van der Waals surface area contributed by atoms with Crippen LogP contribution in [0.4, 0.5) is 5.69 Å². The quantitative estimate of drug-likeness (QED) is 0.919. The Labute approximate surface area is 120 Å². The van der Waals surface area contributed by atoms with Crippen LogP contribution < -0.4 is 4.90 Å². The van der Waals surface area contributed by atoms with Gasteiger partial charge in [0.25, 0.3) is 0 Å². The number of rotatable bonds is 4. The second kappa shape index (κ2) is 6.60. The van der Waals surface area contributed by atoms with E-state index in [4.69, 9.17) is 16.3 Å². The van der Waals surface area contributed by atoms with Crippen LogP contribution in [0.25, 0.3) is 0 Å². The van der Waals surface area contributed by atoms with Gasteiger partial charge in [-0.1, -0.05) is 17.7 Å². The van der Waals surface area contributed by atoms with Crippen LogP contribution in [0.5, 0.6) is 0 Å². The van der Waals surface area contributed by atoms with E-state index in [1.54, 1.807) is 6.92 Å². The molecular weight excluding hydrogens is 262 g/mol. The molecule has 1 N–H and O–H groups in total. The SMILES string of the molecule is CCOC1CCCN(c2ccc([C@@H](C)O)cc2Cl)C1. The van der Waals surface area contributed by atoms with Crippen molar-refractivity contribution >= 4 is 17.3 Å². The van der Waals surface area contributed by atoms with E-state index in [0.717, 1.165) is 43.8 Å². The lowest BCUT2D eigenvalue weighted by atomic mass is 10.1. The van der Waals surface area contributed by atoms with Gasteiger partial charge in [-0.2, -0.15) is 0 Å². The molecule has 1 aromatic rings. The highest BCUT2D eigenvalue weighted by molar-refractivity contribution is 6.33. The average molecular weight is 284 g/mol. The van der Waals surface area contributed by atoms with Gasteiger partial charge in [0.2, 0.25) is 0 Å². The van der Waals surface area contributed by atoms with E-state index < -0.39 is 6.10 Å². The van der Waals surface area contributed by atoms with Crippen molar-refractivity contribution in [1.29, 1.82) is 0 Å². The number of benzene rings is 1. The third-order valence-electron chi connectivity index (χ3n) is 3.58. The van der Waals surface area contributed by atoms with Crippen LogP contribution >= 0.6 is 11.6 Å². The Morgan fingerprint density at radius 1 is 1.53 bits per heavy atom. The van der Waals surface area contributed by atoms with Crippen molar-refractivity contribution in [1.82, 2.24) is 0 Å². The summed E-state index contributed by atoms with van der Waals surface area (Å²) in [5.74, 6) is 0. The summed E-state index contributed by atoms with van der Waals surface area (Å²) >= 11 is 6.34. The fourth-order valence-corrected chi connectivity index (χ4v) is 2.88. The third-order valence-corrected chi connectivity index (χ3v) is 3.88. The number of aliphatic hydroxyl groups is 1. The van der Waals surface area contributed by atoms with Gasteiger partial charge >= 0.3 is 0 Å². The zero-order chi connectivity index (χ0) is 13.8. The van der Waals surface area contributed by atoms with Crippen molar-refractivity contribution in [3.63, 3.8) is 0 Å². The summed E-state index contributed by atoms with van der Waals surface area (Å²) in [7, 11) is 0. The van der Waals surface area contributed by atoms with Gasteiger partial charge < -0.3 is 14.7 Å². The number of hydrogen-bond acceptors (Lipinski definition) is 3. The summed E-state index contributed by atoms with van der Waals surface area (Å²) in [6.45, 7) is 6.44. The Bertz CT molecular complexity index is 421. The number of nitrogens with zero attached hydrogens (tertiary/aromatic N) is 1. The molecule has 0 aliphatic carbocycles. The van der Waals surface area contributed by atoms with Crippen LogP contribution in [-0.2, 0) is 4.74 Å². The molecule has 0 bridgehead atoms. The Kier molecular flexibility index (Phi) is 5.08. The number of piperidine rings is 1. The molecule has 1 unspecified atom stereocenters. The van der Waals surface area contributed by atoms with Crippen molar-refractivity contribution < 1.29 is 9.84 Å². The van der Waals surface area contributed by atoms with Crippen LogP contribution in [0.3, 0.4) is 0 Å². The molecule has 0 aromatic heterocycles. The lowest BCUT2D eigenvalue weighted by Gasteiger charge is -2.34. The van der Waals surface area contributed by atoms with E-state index in [0.29, 0.717) is 11.1 Å². The molecule has 1 saturated heterocycles. The summed E-state index contributed by atoms with van der Waals surface area (Å²) in [6.07, 6.45) is 2.06. The molecule has 4 heteroatoms. The summed E-state index contributed by atoms with van der Waals surface area (Å²) in [6, 6.07) is 5.79. The van der Waals surface area contributed by atoms with Crippen LogP contribution in [0.2, 0.25) is 5.02 Å². The van der Waals surface area contributed by atoms with Gasteiger partial charge in [-0.3, -0.25) is 0 Å². The van der Waals surface area contributed by atoms with Crippen LogP contribution in [-0.4, -0.2) is 30.9 Å². The average Bonchev–Trinajstić information content (AvgIpc) is 2.39. The largest absolute Gasteiger partial charge is 0.389 e. The maximum Gasteiger partial charge on any atom is 0.0762 e. The second-order valence-corrected chi connectivity index (χ2v) is 5.46. The van der Waals surface area contributed by atoms with Gasteiger partial charge in [-0.05, 0) is 44.4 Å². The zero-order valence-corrected chi connectivity index (χ0v) is 12.4. The first kappa shape index (κ1) is 14.6. The molecule has 1 aliphatic rings. The van der Waals surface area contributed by atoms with Gasteiger partial charge in [0, 0.05) is 19.7 Å². The maximum atomic E-state index is 9.57. The highest BCUT2D eigenvalue weighted by Gasteiger charge is 2.22. The number of aliphatic hydroxyl groups excluding tert-OH is 1. The fraction of sp³-hybridized carbons (Fsp3) is 0.600. The topological polar surface area (TPSA) is 32.7 Å². The standard InChI is InChI=1S/C15H22ClNO2/c1-3-19-13-5-4-8-17(10-13)15-7-6-12(11(2)18)9-14(15)16/h6-7,9,11,13,18H,3-5,8,10H2,1-2H3/t11-,13?/m1/s1. The molecule has 3 nitrogen and oxygen atoms in total. The van der Waals surface area contributed by atoms with Crippen LogP contribution in [0, 0.1) is 0 Å². The van der Waals surface area contributed by atoms with Crippen LogP contribution in [0.1, 0.15) is 38.4 Å². The van der Waals surface area contributed by atoms with E-state index >= 15 is 0 Å². The molecule has 0 saturated carbocycles. The monoisotopic (exact) mass is 283 g/mol. The fourth-order valence-electron chi connectivity index (χ4n) is 2.57. The molecule has 1 aromatic carbocycles. The number of hydrogen-bond donors (Lipinski definition) is 1. The number of ether oxygens (including phenoxy) is 1. The molecule has 0 amide bonds. The highest BCUT2D eigenvalue weighted by atomic mass is 35.5. The first-order chi connectivity index (χ1) is 9.11. The first-order valence-corrected chi connectivity index (χ1v) is 7.33. The Balaban J connectivity index is 2.12. The van der Waals surface area contributed by atoms with E-state index in [1.807, 2.05) is 25.1 Å². The molecular formula is C15H22ClNO2. The minimum Gasteiger partial charge on any atom is -0.389 e. The maximum absolute atomic E-state index is 9.57. The molecule has 1 heterocycles. The molecule has 19 heavy (non-hydrogen) atoms. The van der Waals surface area contributed by atoms with E-state index in [1.165, 1.54) is 0 Å². The third kappa shape index (κ3) is 3.62. The molecule has 106 valence electrons. The van der Waals surface area contributed by atoms with Crippen molar-refractivity contribution in [3.8, 4) is 0 Å². The predicted octanol–water partition coefficient (Wildman–Crippen LogP) is 3.40. The van der Waals surface area contributed by atoms with E-state index in [2.05, 4.69) is 4.90 Å². The Hall–Kier alpha value is -0.770.